The summed E-state index contributed by atoms with van der Waals surface area (Å²) in [6.07, 6.45) is -7.62. The van der Waals surface area contributed by atoms with Crippen molar-refractivity contribution in [1.82, 2.24) is 9.78 Å². The Morgan fingerprint density at radius 1 is 0.811 bits per heavy atom. The number of aromatic nitrogens is 2. The maximum absolute atomic E-state index is 13.6. The summed E-state index contributed by atoms with van der Waals surface area (Å²) in [5, 5.41) is 34.1. The van der Waals surface area contributed by atoms with E-state index in [0.29, 0.717) is 0 Å². The third kappa shape index (κ3) is 4.90. The monoisotopic (exact) mass is 517 g/mol. The number of benzene rings is 2. The summed E-state index contributed by atoms with van der Waals surface area (Å²) >= 11 is 0. The van der Waals surface area contributed by atoms with Crippen LogP contribution in [0.4, 0.5) is 26.3 Å². The normalized spacial score (nSPS) is 14.7. The van der Waals surface area contributed by atoms with Crippen LogP contribution in [0.1, 0.15) is 30.5 Å². The Kier molecular flexibility index (Phi) is 7.14. The van der Waals surface area contributed by atoms with Gasteiger partial charge < -0.3 is 10.2 Å². The molecule has 5 nitrogen and oxygen atoms in total. The van der Waals surface area contributed by atoms with Gasteiger partial charge in [0.15, 0.2) is 0 Å². The van der Waals surface area contributed by atoms with Gasteiger partial charge in [-0.15, -0.1) is 11.8 Å². The molecule has 190 valence electrons. The molecular weight excluding hydrogens is 500 g/mol. The Morgan fingerprint density at radius 2 is 1.38 bits per heavy atom. The largest absolute Gasteiger partial charge is 0.433 e. The molecule has 2 unspecified atom stereocenters. The Bertz CT molecular complexity index is 1490. The van der Waals surface area contributed by atoms with E-state index in [1.54, 1.807) is 17.9 Å². The molecule has 0 saturated carbocycles. The van der Waals surface area contributed by atoms with Gasteiger partial charge in [0, 0.05) is 22.9 Å². The van der Waals surface area contributed by atoms with Crippen LogP contribution < -0.4 is 0 Å². The highest BCUT2D eigenvalue weighted by Crippen LogP contribution is 2.41. The minimum absolute atomic E-state index is 0.0475. The summed E-state index contributed by atoms with van der Waals surface area (Å²) in [7, 11) is 0. The van der Waals surface area contributed by atoms with E-state index in [9.17, 15) is 41.8 Å². The van der Waals surface area contributed by atoms with E-state index in [-0.39, 0.29) is 22.4 Å². The maximum atomic E-state index is 13.6. The molecule has 0 aliphatic carbocycles. The van der Waals surface area contributed by atoms with Crippen LogP contribution in [-0.2, 0) is 11.2 Å². The lowest BCUT2D eigenvalue weighted by atomic mass is 9.91. The molecule has 1 heterocycles. The molecule has 0 aliphatic rings. The number of nitriles is 1. The fourth-order valence-corrected chi connectivity index (χ4v) is 3.55. The molecule has 2 atom stereocenters. The van der Waals surface area contributed by atoms with Crippen molar-refractivity contribution in [2.75, 3.05) is 0 Å². The summed E-state index contributed by atoms with van der Waals surface area (Å²) in [5.41, 5.74) is -7.82. The molecule has 0 amide bonds. The minimum atomic E-state index is -5.14. The summed E-state index contributed by atoms with van der Waals surface area (Å²) in [5.74, 6) is 7.63. The van der Waals surface area contributed by atoms with Crippen molar-refractivity contribution in [1.29, 1.82) is 5.26 Å². The Labute approximate surface area is 207 Å². The van der Waals surface area contributed by atoms with Crippen molar-refractivity contribution < 1.29 is 36.6 Å². The standard InChI is InChI=1S/C26H17F6N3O2/c1-3-10-23(36,25(27,28)29)20-7-5-6-17(12-20)19-15-34-35(16-19)22-9-8-21(13-18(22)14-33)24(37,11-4-2)26(30,31)32/h5-9,12-13,15-16,36-37H,1-2H3. The quantitative estimate of drug-likeness (QED) is 0.379. The van der Waals surface area contributed by atoms with Gasteiger partial charge in [0.25, 0.3) is 0 Å². The first-order valence-corrected chi connectivity index (χ1v) is 10.4. The number of nitrogens with zero attached hydrogens (tertiary/aromatic N) is 3. The number of alkyl halides is 6. The molecule has 1 aromatic heterocycles. The van der Waals surface area contributed by atoms with E-state index in [0.717, 1.165) is 48.9 Å². The zero-order chi connectivity index (χ0) is 27.6. The van der Waals surface area contributed by atoms with Gasteiger partial charge in [0.1, 0.15) is 6.07 Å². The number of halogens is 6. The van der Waals surface area contributed by atoms with Gasteiger partial charge in [-0.2, -0.15) is 36.7 Å². The van der Waals surface area contributed by atoms with Crippen molar-refractivity contribution in [3.05, 3.63) is 71.5 Å². The Hall–Kier alpha value is -4.24. The first-order chi connectivity index (χ1) is 17.2. The van der Waals surface area contributed by atoms with Crippen molar-refractivity contribution in [2.24, 2.45) is 0 Å². The SMILES string of the molecule is CC#CC(O)(c1cccc(-c2cnn(-c3ccc(C(O)(C#CC)C(F)(F)F)cc3C#N)c2)c1)C(F)(F)F. The number of rotatable bonds is 4. The molecule has 0 bridgehead atoms. The molecule has 37 heavy (non-hydrogen) atoms. The number of aliphatic hydroxyl groups is 2. The smallest absolute Gasteiger partial charge is 0.366 e. The van der Waals surface area contributed by atoms with Crippen LogP contribution in [0.5, 0.6) is 0 Å². The zero-order valence-corrected chi connectivity index (χ0v) is 19.2. The number of hydrogen-bond donors (Lipinski definition) is 2. The zero-order valence-electron chi connectivity index (χ0n) is 19.2. The van der Waals surface area contributed by atoms with Gasteiger partial charge in [0.05, 0.1) is 17.4 Å². The minimum Gasteiger partial charge on any atom is -0.366 e. The molecule has 11 heteroatoms. The summed E-state index contributed by atoms with van der Waals surface area (Å²) < 4.78 is 82.4. The van der Waals surface area contributed by atoms with Crippen LogP contribution in [0.3, 0.4) is 0 Å². The molecule has 0 spiro atoms. The average Bonchev–Trinajstić information content (AvgIpc) is 3.32. The van der Waals surface area contributed by atoms with Gasteiger partial charge in [-0.3, -0.25) is 0 Å². The molecule has 0 radical (unpaired) electrons. The topological polar surface area (TPSA) is 82.1 Å². The van der Waals surface area contributed by atoms with E-state index < -0.39 is 34.7 Å². The van der Waals surface area contributed by atoms with Crippen LogP contribution in [0.25, 0.3) is 16.8 Å². The molecule has 0 aliphatic heterocycles. The second kappa shape index (κ2) is 9.67. The maximum Gasteiger partial charge on any atom is 0.433 e. The van der Waals surface area contributed by atoms with Crippen molar-refractivity contribution in [3.63, 3.8) is 0 Å². The van der Waals surface area contributed by atoms with E-state index in [4.69, 9.17) is 0 Å². The first kappa shape index (κ1) is 27.3. The fraction of sp³-hybridized carbons (Fsp3) is 0.231. The second-order valence-corrected chi connectivity index (χ2v) is 7.76. The van der Waals surface area contributed by atoms with Gasteiger partial charge in [-0.1, -0.05) is 36.1 Å². The van der Waals surface area contributed by atoms with Crippen LogP contribution in [-0.4, -0.2) is 32.3 Å². The third-order valence-corrected chi connectivity index (χ3v) is 5.41. The molecular formula is C26H17F6N3O2. The predicted octanol–water partition coefficient (Wildman–Crippen LogP) is 4.96. The summed E-state index contributed by atoms with van der Waals surface area (Å²) in [6, 6.07) is 9.57. The number of hydrogen-bond acceptors (Lipinski definition) is 4. The average molecular weight is 517 g/mol. The van der Waals surface area contributed by atoms with Crippen LogP contribution in [0, 0.1) is 35.0 Å². The lowest BCUT2D eigenvalue weighted by Crippen LogP contribution is -2.41. The highest BCUT2D eigenvalue weighted by molar-refractivity contribution is 5.65. The molecule has 2 N–H and O–H groups in total. The Morgan fingerprint density at radius 3 is 1.89 bits per heavy atom. The highest BCUT2D eigenvalue weighted by atomic mass is 19.4. The lowest BCUT2D eigenvalue weighted by molar-refractivity contribution is -0.241. The van der Waals surface area contributed by atoms with Gasteiger partial charge in [0.2, 0.25) is 11.2 Å². The molecule has 0 fully saturated rings. The molecule has 3 aromatic rings. The summed E-state index contributed by atoms with van der Waals surface area (Å²) in [4.78, 5) is 0. The van der Waals surface area contributed by atoms with Gasteiger partial charge in [-0.25, -0.2) is 4.68 Å². The van der Waals surface area contributed by atoms with E-state index >= 15 is 0 Å². The second-order valence-electron chi connectivity index (χ2n) is 7.76. The fourth-order valence-electron chi connectivity index (χ4n) is 3.55. The Balaban J connectivity index is 2.07. The van der Waals surface area contributed by atoms with Gasteiger partial charge >= 0.3 is 12.4 Å². The van der Waals surface area contributed by atoms with E-state index in [1.807, 2.05) is 5.92 Å². The van der Waals surface area contributed by atoms with Gasteiger partial charge in [-0.05, 0) is 37.6 Å². The first-order valence-electron chi connectivity index (χ1n) is 10.4. The van der Waals surface area contributed by atoms with Crippen molar-refractivity contribution >= 4 is 0 Å². The molecule has 3 rings (SSSR count). The predicted molar refractivity (Wildman–Crippen MR) is 121 cm³/mol. The van der Waals surface area contributed by atoms with Crippen LogP contribution >= 0.6 is 0 Å². The van der Waals surface area contributed by atoms with Crippen molar-refractivity contribution in [3.8, 4) is 46.6 Å². The van der Waals surface area contributed by atoms with E-state index in [1.165, 1.54) is 24.5 Å². The molecule has 2 aromatic carbocycles. The molecule has 0 saturated heterocycles. The van der Waals surface area contributed by atoms with Crippen LogP contribution in [0.15, 0.2) is 54.9 Å². The third-order valence-electron chi connectivity index (χ3n) is 5.41. The van der Waals surface area contributed by atoms with Crippen molar-refractivity contribution in [2.45, 2.75) is 37.4 Å². The summed E-state index contributed by atoms with van der Waals surface area (Å²) in [6.45, 7) is 2.29. The van der Waals surface area contributed by atoms with Crippen LogP contribution in [0.2, 0.25) is 0 Å². The highest BCUT2D eigenvalue weighted by Gasteiger charge is 2.55. The lowest BCUT2D eigenvalue weighted by Gasteiger charge is -2.26. The van der Waals surface area contributed by atoms with E-state index in [2.05, 4.69) is 11.0 Å².